The fourth-order valence-electron chi connectivity index (χ4n) is 15.8. The second-order valence-corrected chi connectivity index (χ2v) is 43.3. The summed E-state index contributed by atoms with van der Waals surface area (Å²) in [6.07, 6.45) is -4.95. The number of aliphatic hydroxyl groups is 1. The lowest BCUT2D eigenvalue weighted by atomic mass is 9.96. The summed E-state index contributed by atoms with van der Waals surface area (Å²) in [7, 11) is 0. The Morgan fingerprint density at radius 1 is 0.433 bits per heavy atom. The summed E-state index contributed by atoms with van der Waals surface area (Å²) < 4.78 is 41.6. The molecule has 3 aromatic rings. The molecule has 5 rings (SSSR count). The Morgan fingerprint density at radius 3 is 1.40 bits per heavy atom. The van der Waals surface area contributed by atoms with E-state index >= 15 is 0 Å². The van der Waals surface area contributed by atoms with Gasteiger partial charge in [0.05, 0.1) is 36.9 Å². The molecule has 832 valence electrons. The predicted molar refractivity (Wildman–Crippen MR) is 538 cm³/mol. The fraction of sp³-hybridized carbons (Fsp3) is 0.636. The number of carbonyl (C=O) groups excluding carboxylic acids is 22. The zero-order valence-corrected chi connectivity index (χ0v) is 89.7. The molecule has 2 aliphatic rings. The third-order valence-electron chi connectivity index (χ3n) is 25.3. The van der Waals surface area contributed by atoms with E-state index in [-0.39, 0.29) is 75.3 Å². The second-order valence-electron chi connectivity index (χ2n) is 43.3. The topological polar surface area (TPSA) is 716 Å². The van der Waals surface area contributed by atoms with Crippen molar-refractivity contribution in [3.63, 3.8) is 0 Å². The lowest BCUT2D eigenvalue weighted by Gasteiger charge is -2.36. The molecule has 24 N–H and O–H groups in total. The van der Waals surface area contributed by atoms with Crippen LogP contribution >= 0.6 is 0 Å². The minimum atomic E-state index is -4.62. The van der Waals surface area contributed by atoms with Gasteiger partial charge in [0.1, 0.15) is 104 Å². The highest BCUT2D eigenvalue weighted by molar-refractivity contribution is 6.04. The van der Waals surface area contributed by atoms with E-state index in [1.54, 1.807) is 71.9 Å². The average molecular weight is 2120 g/mol. The Hall–Kier alpha value is -14.3. The molecule has 2 aromatic carbocycles. The van der Waals surface area contributed by atoms with Crippen LogP contribution in [0.3, 0.4) is 0 Å². The van der Waals surface area contributed by atoms with Gasteiger partial charge in [0.25, 0.3) is 0 Å². The first-order valence-corrected chi connectivity index (χ1v) is 49.5. The number of aromatic nitrogens is 3. The number of aliphatic hydroxyl groups excluding tert-OH is 1. The van der Waals surface area contributed by atoms with Gasteiger partial charge >= 0.3 is 6.18 Å². The second kappa shape index (κ2) is 52.7. The number of alkyl halides is 3. The maximum atomic E-state index is 14.6. The third-order valence-corrected chi connectivity index (χ3v) is 25.3. The number of benzene rings is 2. The summed E-state index contributed by atoms with van der Waals surface area (Å²) in [5, 5.41) is 61.4. The van der Waals surface area contributed by atoms with Gasteiger partial charge in [0.2, 0.25) is 130 Å². The van der Waals surface area contributed by atoms with Crippen molar-refractivity contribution in [2.75, 3.05) is 32.8 Å². The van der Waals surface area contributed by atoms with Crippen LogP contribution in [0.4, 0.5) is 13.2 Å². The van der Waals surface area contributed by atoms with E-state index in [1.807, 2.05) is 0 Å². The van der Waals surface area contributed by atoms with Gasteiger partial charge in [-0.25, -0.2) is 4.68 Å². The van der Waals surface area contributed by atoms with Crippen LogP contribution in [0, 0.1) is 23.7 Å². The highest BCUT2D eigenvalue weighted by Crippen LogP contribution is 2.34. The number of hydrogen-bond donors (Lipinski definition) is 21. The number of rotatable bonds is 54. The fourth-order valence-corrected chi connectivity index (χ4v) is 15.8. The molecule has 2 aliphatic heterocycles. The normalized spacial score (nSPS) is 16.0. The molecule has 22 amide bonds. The minimum absolute atomic E-state index is 0.00159. The molecule has 2 fully saturated rings. The Labute approximate surface area is 869 Å². The Kier molecular flexibility index (Phi) is 44.3. The Morgan fingerprint density at radius 2 is 0.880 bits per heavy atom. The van der Waals surface area contributed by atoms with Crippen LogP contribution in [0.25, 0.3) is 11.3 Å². The van der Waals surface area contributed by atoms with Crippen LogP contribution in [-0.4, -0.2) is 292 Å². The van der Waals surface area contributed by atoms with Gasteiger partial charge in [-0.2, -0.15) is 13.2 Å². The van der Waals surface area contributed by atoms with Gasteiger partial charge in [-0.05, 0) is 211 Å². The van der Waals surface area contributed by atoms with Crippen molar-refractivity contribution in [2.45, 2.75) is 348 Å². The van der Waals surface area contributed by atoms with Crippen LogP contribution in [0.15, 0.2) is 60.8 Å². The van der Waals surface area contributed by atoms with Crippen LogP contribution in [0.2, 0.25) is 0 Å². The van der Waals surface area contributed by atoms with Gasteiger partial charge in [-0.15, -0.1) is 5.10 Å². The van der Waals surface area contributed by atoms with Crippen molar-refractivity contribution in [2.24, 2.45) is 40.9 Å². The molecule has 0 aliphatic carbocycles. The zero-order valence-electron chi connectivity index (χ0n) is 89.7. The highest BCUT2D eigenvalue weighted by Gasteiger charge is 2.49. The first-order valence-electron chi connectivity index (χ1n) is 49.5. The van der Waals surface area contributed by atoms with Crippen molar-refractivity contribution in [1.29, 1.82) is 0 Å². The van der Waals surface area contributed by atoms with E-state index in [4.69, 9.17) is 17.2 Å². The van der Waals surface area contributed by atoms with Crippen molar-refractivity contribution in [3.8, 4) is 11.3 Å². The molecular weight excluding hydrogens is 1960 g/mol. The molecule has 3 heterocycles. The Balaban J connectivity index is 1.12. The van der Waals surface area contributed by atoms with Crippen LogP contribution in [0.1, 0.15) is 242 Å². The standard InChI is InChI=1S/C99H152F3N25O23/c1-51(2)44-64(79(139)119-97(21,22)89(149)126-42-29-34-66(126)80(140)114-71(52(3)4)81(141)121-96(19,20)88(148)122-95(17,18)86(146)113-62(36-39-68(104)130)77(137)112-61(35-38-67(103)129)76(136)109-60(50-128)45-56-30-26-25-27-31-56)110-70(132)47-106-83(143)91(9,10)120-82(142)72(53(5)6)115-87(147)94(15,16)118-78(138)63(37-40-69(105)131)111-73(133)54(7)107-84(144)92(11,12)116-74(134)55(8)108-85(145)93(13,14)117-75(135)58-41-43-125(48-58)90(150)98(23,24)127-49-65(123-124-127)57-32-28-33-59(46-57)99(100,101)102/h25-28,30-33,46,49,51-55,58,60-64,66,71-72,128H,29,34-45,47-48,50H2,1-24H3,(H2,103,129)(H2,104,130)(H2,105,131)(H,106,143)(H,107,144)(H,108,145)(H,109,136)(H,110,132)(H,111,133)(H,112,137)(H,113,146)(H,114,140)(H,115,147)(H,116,134)(H,117,135)(H,118,138)(H,119,139)(H,120,142)(H,121,141)(H,122,148)/t54-,55-,58+,60-,61-,62-,63-,64-,66+,71-,72-/m0/s1. The Bertz CT molecular complexity index is 5460. The average Bonchev–Trinajstić information content (AvgIpc) is 1.63. The van der Waals surface area contributed by atoms with Crippen LogP contribution in [-0.2, 0) is 124 Å². The largest absolute Gasteiger partial charge is 0.416 e. The maximum absolute atomic E-state index is 14.6. The molecule has 11 atom stereocenters. The van der Waals surface area contributed by atoms with Crippen LogP contribution in [0.5, 0.6) is 0 Å². The molecule has 0 radical (unpaired) electrons. The van der Waals surface area contributed by atoms with Gasteiger partial charge in [0.15, 0.2) is 0 Å². The number of nitrogens with two attached hydrogens (primary N) is 3. The van der Waals surface area contributed by atoms with E-state index < -0.39 is 303 Å². The molecule has 0 unspecified atom stereocenters. The first kappa shape index (κ1) is 126. The number of hydrogen-bond acceptors (Lipinski definition) is 25. The first-order chi connectivity index (χ1) is 69.0. The smallest absolute Gasteiger partial charge is 0.394 e. The summed E-state index contributed by atoms with van der Waals surface area (Å²) in [6.45, 7) is 32.4. The predicted octanol–water partition coefficient (Wildman–Crippen LogP) is -2.29. The summed E-state index contributed by atoms with van der Waals surface area (Å²) in [6, 6.07) is -0.344. The quantitative estimate of drug-likeness (QED) is 0.0283. The monoisotopic (exact) mass is 2120 g/mol. The van der Waals surface area contributed by atoms with Crippen molar-refractivity contribution < 1.29 is 124 Å². The van der Waals surface area contributed by atoms with Gasteiger partial charge in [-0.1, -0.05) is 89.2 Å². The van der Waals surface area contributed by atoms with E-state index in [1.165, 1.54) is 157 Å². The number of carbonyl (C=O) groups is 22. The minimum Gasteiger partial charge on any atom is -0.394 e. The number of likely N-dealkylation sites (tertiary alicyclic amines) is 2. The summed E-state index contributed by atoms with van der Waals surface area (Å²) in [5.74, 6) is -21.5. The van der Waals surface area contributed by atoms with E-state index in [9.17, 15) is 124 Å². The van der Waals surface area contributed by atoms with Gasteiger partial charge < -0.3 is 122 Å². The molecule has 150 heavy (non-hydrogen) atoms. The SMILES string of the molecule is CC(C)C[C@H](NC(=O)CNC(=O)C(C)(C)NC(=O)[C@@H](NC(=O)C(C)(C)NC(=O)[C@H](CCC(N)=O)NC(=O)[C@H](C)NC(=O)C(C)(C)NC(=O)[C@H](C)NC(=O)C(C)(C)NC(=O)[C@@H]1CCN(C(=O)C(C)(C)n2cc(-c3cccc(C(F)(F)F)c3)nn2)C1)C(C)C)C(=O)NC(C)(C)C(=O)N1CCC[C@@H]1C(=O)N[C@H](C(=O)NC(C)(C)C(=O)NC(C)(C)C(=O)N[C@@H](CCC(N)=O)C(=O)N[C@@H](CCC(N)=O)C(=O)N[C@H](CO)Cc1ccccc1)C(C)C. The van der Waals surface area contributed by atoms with Crippen molar-refractivity contribution in [3.05, 3.63) is 71.9 Å². The zero-order chi connectivity index (χ0) is 114. The number of nitrogens with zero attached hydrogens (tertiary/aromatic N) is 5. The lowest BCUT2D eigenvalue weighted by Crippen LogP contribution is -2.66. The molecular formula is C99H152F3N25O23. The lowest BCUT2D eigenvalue weighted by molar-refractivity contribution is -0.146. The highest BCUT2D eigenvalue weighted by atomic mass is 19.4. The van der Waals surface area contributed by atoms with Crippen LogP contribution < -0.4 is 108 Å². The molecule has 0 bridgehead atoms. The maximum Gasteiger partial charge on any atom is 0.416 e. The molecule has 1 aromatic heterocycles. The number of amides is 22. The summed E-state index contributed by atoms with van der Waals surface area (Å²) in [5.41, 5.74) is 2.13. The summed E-state index contributed by atoms with van der Waals surface area (Å²) >= 11 is 0. The number of halogens is 3. The van der Waals surface area contributed by atoms with Gasteiger partial charge in [-0.3, -0.25) is 105 Å². The molecule has 0 spiro atoms. The van der Waals surface area contributed by atoms with E-state index in [0.717, 1.165) is 17.7 Å². The molecule has 48 nitrogen and oxygen atoms in total. The summed E-state index contributed by atoms with van der Waals surface area (Å²) in [4.78, 5) is 305. The molecule has 2 saturated heterocycles. The molecule has 51 heteroatoms. The number of primary amides is 3. The van der Waals surface area contributed by atoms with E-state index in [2.05, 4.69) is 101 Å². The van der Waals surface area contributed by atoms with Gasteiger partial charge in [0, 0.05) is 44.5 Å². The molecule has 0 saturated carbocycles. The third kappa shape index (κ3) is 36.9. The number of nitrogens with one attached hydrogen (secondary N) is 17. The van der Waals surface area contributed by atoms with E-state index in [0.29, 0.717) is 6.42 Å². The van der Waals surface area contributed by atoms with Crippen molar-refractivity contribution >= 4 is 130 Å². The van der Waals surface area contributed by atoms with Crippen molar-refractivity contribution in [1.82, 2.24) is 115 Å².